The van der Waals surface area contributed by atoms with Gasteiger partial charge in [0.2, 0.25) is 0 Å². The van der Waals surface area contributed by atoms with Gasteiger partial charge in [-0.3, -0.25) is 0 Å². The first-order chi connectivity index (χ1) is 11.0. The molecule has 0 radical (unpaired) electrons. The van der Waals surface area contributed by atoms with Gasteiger partial charge in [0.15, 0.2) is 0 Å². The lowest BCUT2D eigenvalue weighted by molar-refractivity contribution is -0.140. The molecule has 0 saturated heterocycles. The van der Waals surface area contributed by atoms with Crippen molar-refractivity contribution in [3.8, 4) is 12.3 Å². The average molecular weight is 319 g/mol. The van der Waals surface area contributed by atoms with E-state index in [1.807, 2.05) is 0 Å². The largest absolute Gasteiger partial charge is 0.466 e. The van der Waals surface area contributed by atoms with Crippen LogP contribution in [0.4, 0.5) is 10.1 Å². The highest BCUT2D eigenvalue weighted by Crippen LogP contribution is 2.29. The van der Waals surface area contributed by atoms with Crippen molar-refractivity contribution < 1.29 is 28.2 Å². The number of hydrogen-bond donors (Lipinski definition) is 0. The van der Waals surface area contributed by atoms with Crippen LogP contribution in [-0.2, 0) is 23.8 Å². The van der Waals surface area contributed by atoms with Crippen molar-refractivity contribution in [2.45, 2.75) is 0 Å². The molecule has 1 aromatic rings. The number of anilines is 1. The molecule has 0 unspecified atom stereocenters. The quantitative estimate of drug-likeness (QED) is 0.616. The number of rotatable bonds is 3. The van der Waals surface area contributed by atoms with E-state index in [9.17, 15) is 14.0 Å². The molecule has 120 valence electrons. The molecular formula is C16H14FNO5. The maximum absolute atomic E-state index is 13.4. The van der Waals surface area contributed by atoms with Crippen molar-refractivity contribution in [3.63, 3.8) is 0 Å². The summed E-state index contributed by atoms with van der Waals surface area (Å²) in [6, 6.07) is 3.74. The number of hydrogen-bond acceptors (Lipinski definition) is 6. The minimum Gasteiger partial charge on any atom is -0.466 e. The first kappa shape index (κ1) is 16.5. The fraction of sp³-hybridized carbons (Fsp3) is 0.250. The lowest BCUT2D eigenvalue weighted by atomic mass is 10.1. The molecule has 0 amide bonds. The number of carbonyl (C=O) groups is 2. The minimum absolute atomic E-state index is 0.00195. The monoisotopic (exact) mass is 319 g/mol. The third-order valence-electron chi connectivity index (χ3n) is 3.24. The predicted octanol–water partition coefficient (Wildman–Crippen LogP) is 1.20. The molecule has 2 rings (SSSR count). The zero-order valence-corrected chi connectivity index (χ0v) is 12.6. The van der Waals surface area contributed by atoms with Crippen molar-refractivity contribution in [2.75, 3.05) is 32.5 Å². The van der Waals surface area contributed by atoms with E-state index in [-0.39, 0.29) is 30.2 Å². The lowest BCUT2D eigenvalue weighted by Gasteiger charge is -2.31. The van der Waals surface area contributed by atoms with E-state index < -0.39 is 17.8 Å². The van der Waals surface area contributed by atoms with Gasteiger partial charge in [-0.15, -0.1) is 6.42 Å². The Hall–Kier alpha value is -2.85. The van der Waals surface area contributed by atoms with Gasteiger partial charge in [-0.05, 0) is 18.2 Å². The second kappa shape index (κ2) is 6.94. The van der Waals surface area contributed by atoms with Gasteiger partial charge in [0.05, 0.1) is 37.7 Å². The molecular weight excluding hydrogens is 305 g/mol. The molecule has 0 atom stereocenters. The highest BCUT2D eigenvalue weighted by molar-refractivity contribution is 6.03. The fourth-order valence-electron chi connectivity index (χ4n) is 2.19. The lowest BCUT2D eigenvalue weighted by Crippen LogP contribution is -2.39. The number of halogens is 1. The van der Waals surface area contributed by atoms with E-state index >= 15 is 0 Å². The Balaban J connectivity index is 2.63. The molecule has 0 fully saturated rings. The van der Waals surface area contributed by atoms with Crippen LogP contribution in [0.15, 0.2) is 29.5 Å². The zero-order chi connectivity index (χ0) is 17.0. The summed E-state index contributed by atoms with van der Waals surface area (Å²) < 4.78 is 28.1. The third-order valence-corrected chi connectivity index (χ3v) is 3.24. The molecule has 1 aliphatic heterocycles. The highest BCUT2D eigenvalue weighted by Gasteiger charge is 2.33. The van der Waals surface area contributed by atoms with Gasteiger partial charge in [-0.1, -0.05) is 5.92 Å². The number of benzene rings is 1. The van der Waals surface area contributed by atoms with Gasteiger partial charge in [-0.2, -0.15) is 0 Å². The SMILES string of the molecule is C#Cc1cc(F)ccc1N1COCC(C(=O)OC)=C1C(=O)OC. The first-order valence-corrected chi connectivity index (χ1v) is 6.54. The van der Waals surface area contributed by atoms with Gasteiger partial charge < -0.3 is 19.1 Å². The van der Waals surface area contributed by atoms with E-state index in [4.69, 9.17) is 15.9 Å². The molecule has 1 aliphatic rings. The minimum atomic E-state index is -0.749. The van der Waals surface area contributed by atoms with E-state index in [2.05, 4.69) is 10.7 Å². The first-order valence-electron chi connectivity index (χ1n) is 6.54. The van der Waals surface area contributed by atoms with Gasteiger partial charge >= 0.3 is 11.9 Å². The van der Waals surface area contributed by atoms with Crippen molar-refractivity contribution in [1.82, 2.24) is 0 Å². The van der Waals surface area contributed by atoms with Gasteiger partial charge in [0, 0.05) is 0 Å². The molecule has 0 bridgehead atoms. The Kier molecular flexibility index (Phi) is 4.98. The maximum atomic E-state index is 13.4. The Morgan fingerprint density at radius 1 is 1.30 bits per heavy atom. The number of nitrogens with zero attached hydrogens (tertiary/aromatic N) is 1. The second-order valence-corrected chi connectivity index (χ2v) is 4.52. The van der Waals surface area contributed by atoms with Crippen LogP contribution >= 0.6 is 0 Å². The highest BCUT2D eigenvalue weighted by atomic mass is 19.1. The molecule has 0 spiro atoms. The Morgan fingerprint density at radius 3 is 2.61 bits per heavy atom. The summed E-state index contributed by atoms with van der Waals surface area (Å²) in [6.45, 7) is -0.161. The van der Waals surface area contributed by atoms with Gasteiger partial charge in [-0.25, -0.2) is 14.0 Å². The molecule has 0 aromatic heterocycles. The smallest absolute Gasteiger partial charge is 0.355 e. The number of carbonyl (C=O) groups excluding carboxylic acids is 2. The number of terminal acetylenes is 1. The van der Waals surface area contributed by atoms with Crippen LogP contribution < -0.4 is 4.90 Å². The molecule has 7 heteroatoms. The van der Waals surface area contributed by atoms with Crippen LogP contribution in [0.2, 0.25) is 0 Å². The number of esters is 2. The van der Waals surface area contributed by atoms with Crippen molar-refractivity contribution in [2.24, 2.45) is 0 Å². The molecule has 0 N–H and O–H groups in total. The van der Waals surface area contributed by atoms with Gasteiger partial charge in [0.25, 0.3) is 0 Å². The topological polar surface area (TPSA) is 65.1 Å². The maximum Gasteiger partial charge on any atom is 0.355 e. The van der Waals surface area contributed by atoms with Crippen LogP contribution in [-0.4, -0.2) is 39.5 Å². The molecule has 0 aliphatic carbocycles. The van der Waals surface area contributed by atoms with Crippen LogP contribution in [0.1, 0.15) is 5.56 Å². The van der Waals surface area contributed by atoms with Crippen LogP contribution in [0.5, 0.6) is 0 Å². The van der Waals surface area contributed by atoms with E-state index in [0.717, 1.165) is 6.07 Å². The van der Waals surface area contributed by atoms with Crippen LogP contribution in [0.25, 0.3) is 0 Å². The average Bonchev–Trinajstić information content (AvgIpc) is 2.59. The summed E-state index contributed by atoms with van der Waals surface area (Å²) in [5.74, 6) is 0.352. The van der Waals surface area contributed by atoms with E-state index in [1.165, 1.54) is 31.3 Å². The zero-order valence-electron chi connectivity index (χ0n) is 12.6. The molecule has 1 aromatic carbocycles. The number of methoxy groups -OCH3 is 2. The summed E-state index contributed by atoms with van der Waals surface area (Å²) in [5.41, 5.74) is 0.503. The molecule has 23 heavy (non-hydrogen) atoms. The van der Waals surface area contributed by atoms with Crippen LogP contribution in [0.3, 0.4) is 0 Å². The van der Waals surface area contributed by atoms with Crippen molar-refractivity contribution >= 4 is 17.6 Å². The van der Waals surface area contributed by atoms with E-state index in [1.54, 1.807) is 0 Å². The predicted molar refractivity (Wildman–Crippen MR) is 78.7 cm³/mol. The summed E-state index contributed by atoms with van der Waals surface area (Å²) in [6.07, 6.45) is 5.39. The third kappa shape index (κ3) is 3.17. The van der Waals surface area contributed by atoms with Crippen molar-refractivity contribution in [1.29, 1.82) is 0 Å². The fourth-order valence-corrected chi connectivity index (χ4v) is 2.19. The Bertz CT molecular complexity index is 720. The van der Waals surface area contributed by atoms with Crippen LogP contribution in [0, 0.1) is 18.2 Å². The Labute approximate surface area is 132 Å². The summed E-state index contributed by atoms with van der Waals surface area (Å²) in [4.78, 5) is 25.4. The standard InChI is InChI=1S/C16H14FNO5/c1-4-10-7-11(17)5-6-13(10)18-9-23-8-12(15(19)21-2)14(18)16(20)22-3/h1,5-7H,8-9H2,2-3H3. The normalized spacial score (nSPS) is 14.3. The summed E-state index contributed by atoms with van der Waals surface area (Å²) >= 11 is 0. The van der Waals surface area contributed by atoms with E-state index in [0.29, 0.717) is 5.69 Å². The summed E-state index contributed by atoms with van der Waals surface area (Å²) in [7, 11) is 2.37. The molecule has 1 heterocycles. The second-order valence-electron chi connectivity index (χ2n) is 4.52. The van der Waals surface area contributed by atoms with Crippen molar-refractivity contribution in [3.05, 3.63) is 40.8 Å². The molecule has 0 saturated carbocycles. The molecule has 6 nitrogen and oxygen atoms in total. The summed E-state index contributed by atoms with van der Waals surface area (Å²) in [5, 5.41) is 0. The van der Waals surface area contributed by atoms with Gasteiger partial charge in [0.1, 0.15) is 18.2 Å². The number of ether oxygens (including phenoxy) is 3. The Morgan fingerprint density at radius 2 is 2.00 bits per heavy atom.